The summed E-state index contributed by atoms with van der Waals surface area (Å²) in [6, 6.07) is 4.45. The van der Waals surface area contributed by atoms with Crippen molar-refractivity contribution in [3.05, 3.63) is 76.6 Å². The van der Waals surface area contributed by atoms with E-state index in [1.807, 2.05) is 0 Å². The molecule has 2 aromatic rings. The maximum Gasteiger partial charge on any atom is 0.200 e. The molecule has 0 unspecified atom stereocenters. The number of benzene rings is 2. The molecular weight excluding hydrogens is 447 g/mol. The molecule has 0 saturated heterocycles. The van der Waals surface area contributed by atoms with Gasteiger partial charge >= 0.3 is 0 Å². The molecule has 2 aliphatic carbocycles. The van der Waals surface area contributed by atoms with Gasteiger partial charge in [-0.2, -0.15) is 4.39 Å². The molecule has 2 aromatic carbocycles. The van der Waals surface area contributed by atoms with Crippen molar-refractivity contribution in [2.24, 2.45) is 17.8 Å². The normalized spacial score (nSPS) is 25.6. The van der Waals surface area contributed by atoms with E-state index in [0.29, 0.717) is 17.4 Å². The van der Waals surface area contributed by atoms with Crippen LogP contribution >= 0.6 is 0 Å². The van der Waals surface area contributed by atoms with Crippen molar-refractivity contribution in [1.29, 1.82) is 0 Å². The third kappa shape index (κ3) is 5.47. The molecule has 2 saturated carbocycles. The highest BCUT2D eigenvalue weighted by atomic mass is 19.2. The van der Waals surface area contributed by atoms with Gasteiger partial charge in [-0.3, -0.25) is 0 Å². The molecule has 0 bridgehead atoms. The van der Waals surface area contributed by atoms with E-state index in [4.69, 9.17) is 4.74 Å². The predicted molar refractivity (Wildman–Crippen MR) is 122 cm³/mol. The lowest BCUT2D eigenvalue weighted by Crippen LogP contribution is -2.25. The van der Waals surface area contributed by atoms with Gasteiger partial charge in [-0.05, 0) is 111 Å². The highest BCUT2D eigenvalue weighted by Gasteiger charge is 2.32. The Morgan fingerprint density at radius 2 is 1.35 bits per heavy atom. The molecule has 0 aromatic heterocycles. The van der Waals surface area contributed by atoms with Crippen LogP contribution in [0.15, 0.2) is 36.4 Å². The molecule has 2 fully saturated rings. The van der Waals surface area contributed by atoms with E-state index < -0.39 is 35.7 Å². The minimum Gasteiger partial charge on any atom is -0.486 e. The van der Waals surface area contributed by atoms with Gasteiger partial charge in [0.25, 0.3) is 0 Å². The van der Waals surface area contributed by atoms with Crippen LogP contribution in [0.1, 0.15) is 75.3 Å². The van der Waals surface area contributed by atoms with Crippen molar-refractivity contribution < 1.29 is 26.7 Å². The zero-order chi connectivity index (χ0) is 24.2. The van der Waals surface area contributed by atoms with Crippen molar-refractivity contribution in [2.75, 3.05) is 0 Å². The lowest BCUT2D eigenvalue weighted by Gasteiger charge is -2.37. The van der Waals surface area contributed by atoms with Crippen molar-refractivity contribution in [2.45, 2.75) is 70.8 Å². The van der Waals surface area contributed by atoms with Gasteiger partial charge in [0.05, 0.1) is 0 Å². The Morgan fingerprint density at radius 1 is 0.765 bits per heavy atom. The maximum absolute atomic E-state index is 14.9. The van der Waals surface area contributed by atoms with Gasteiger partial charge in [-0.1, -0.05) is 18.2 Å². The zero-order valence-electron chi connectivity index (χ0n) is 19.4. The summed E-state index contributed by atoms with van der Waals surface area (Å²) in [7, 11) is 0. The second-order valence-corrected chi connectivity index (χ2v) is 9.76. The summed E-state index contributed by atoms with van der Waals surface area (Å²) in [6.45, 7) is 1.66. The first-order valence-corrected chi connectivity index (χ1v) is 12.2. The summed E-state index contributed by atoms with van der Waals surface area (Å²) in [5, 5.41) is 0. The van der Waals surface area contributed by atoms with Gasteiger partial charge in [0, 0.05) is 0 Å². The Labute approximate surface area is 198 Å². The second-order valence-electron chi connectivity index (χ2n) is 9.76. The molecule has 6 heteroatoms. The summed E-state index contributed by atoms with van der Waals surface area (Å²) in [4.78, 5) is 0. The Kier molecular flexibility index (Phi) is 7.95. The fraction of sp³-hybridized carbons (Fsp3) is 0.500. The molecular formula is C28H31F5O. The SMILES string of the molecule is C/C=C/C1CCC(C2CCC(c3ccc(OCc4cc(F)c(F)c(F)c4)c(F)c3F)CC2)CC1. The standard InChI is InChI=1S/C28H31F5O/c1-2-3-17-4-6-19(7-5-17)20-8-10-21(11-9-20)22-12-13-25(28(33)26(22)31)34-16-18-14-23(29)27(32)24(30)15-18/h2-3,12-15,17,19-21H,4-11,16H2,1H3/b3-2+. The number of halogens is 5. The second kappa shape index (κ2) is 10.9. The monoisotopic (exact) mass is 478 g/mol. The lowest BCUT2D eigenvalue weighted by atomic mass is 9.68. The minimum absolute atomic E-state index is 0.0154. The first kappa shape index (κ1) is 24.7. The predicted octanol–water partition coefficient (Wildman–Crippen LogP) is 8.62. The molecule has 0 amide bonds. The number of rotatable bonds is 6. The van der Waals surface area contributed by atoms with E-state index in [2.05, 4.69) is 19.1 Å². The Bertz CT molecular complexity index is 995. The van der Waals surface area contributed by atoms with E-state index in [-0.39, 0.29) is 17.2 Å². The molecule has 2 aliphatic rings. The smallest absolute Gasteiger partial charge is 0.200 e. The molecule has 0 radical (unpaired) electrons. The zero-order valence-corrected chi connectivity index (χ0v) is 19.4. The van der Waals surface area contributed by atoms with E-state index >= 15 is 0 Å². The van der Waals surface area contributed by atoms with Crippen LogP contribution < -0.4 is 4.74 Å². The van der Waals surface area contributed by atoms with E-state index in [1.165, 1.54) is 31.7 Å². The fourth-order valence-electron chi connectivity index (χ4n) is 5.81. The van der Waals surface area contributed by atoms with Crippen LogP contribution in [0.25, 0.3) is 0 Å². The van der Waals surface area contributed by atoms with Crippen molar-refractivity contribution in [3.8, 4) is 5.75 Å². The van der Waals surface area contributed by atoms with Crippen molar-refractivity contribution >= 4 is 0 Å². The van der Waals surface area contributed by atoms with Crippen LogP contribution in [0, 0.1) is 46.8 Å². The number of hydrogen-bond acceptors (Lipinski definition) is 1. The van der Waals surface area contributed by atoms with Crippen LogP contribution in [0.4, 0.5) is 22.0 Å². The summed E-state index contributed by atoms with van der Waals surface area (Å²) in [5.41, 5.74) is 0.345. The van der Waals surface area contributed by atoms with E-state index in [0.717, 1.165) is 43.7 Å². The van der Waals surface area contributed by atoms with Crippen LogP contribution in [0.2, 0.25) is 0 Å². The topological polar surface area (TPSA) is 9.23 Å². The molecule has 0 atom stereocenters. The molecule has 0 spiro atoms. The quantitative estimate of drug-likeness (QED) is 0.229. The molecule has 4 rings (SSSR count). The van der Waals surface area contributed by atoms with Gasteiger partial charge in [-0.25, -0.2) is 17.6 Å². The van der Waals surface area contributed by atoms with E-state index in [1.54, 1.807) is 6.07 Å². The first-order chi connectivity index (χ1) is 16.4. The summed E-state index contributed by atoms with van der Waals surface area (Å²) in [6.07, 6.45) is 13.2. The molecule has 0 heterocycles. The van der Waals surface area contributed by atoms with Crippen LogP contribution in [0.3, 0.4) is 0 Å². The van der Waals surface area contributed by atoms with Gasteiger partial charge in [0.2, 0.25) is 5.82 Å². The number of hydrogen-bond donors (Lipinski definition) is 0. The average Bonchev–Trinajstić information content (AvgIpc) is 2.84. The third-order valence-corrected chi connectivity index (χ3v) is 7.67. The van der Waals surface area contributed by atoms with Gasteiger partial charge < -0.3 is 4.74 Å². The van der Waals surface area contributed by atoms with Crippen LogP contribution in [0.5, 0.6) is 5.75 Å². The Hall–Kier alpha value is -2.37. The fourth-order valence-corrected chi connectivity index (χ4v) is 5.81. The lowest BCUT2D eigenvalue weighted by molar-refractivity contribution is 0.170. The maximum atomic E-state index is 14.9. The first-order valence-electron chi connectivity index (χ1n) is 12.2. The largest absolute Gasteiger partial charge is 0.486 e. The number of ether oxygens (including phenoxy) is 1. The van der Waals surface area contributed by atoms with Gasteiger partial charge in [0.15, 0.2) is 29.0 Å². The van der Waals surface area contributed by atoms with Crippen molar-refractivity contribution in [1.82, 2.24) is 0 Å². The average molecular weight is 479 g/mol. The Balaban J connectivity index is 1.34. The van der Waals surface area contributed by atoms with Crippen molar-refractivity contribution in [3.63, 3.8) is 0 Å². The third-order valence-electron chi connectivity index (χ3n) is 7.67. The molecule has 184 valence electrons. The number of allylic oxidation sites excluding steroid dienone is 2. The molecule has 0 N–H and O–H groups in total. The summed E-state index contributed by atoms with van der Waals surface area (Å²) in [5.74, 6) is -4.59. The highest BCUT2D eigenvalue weighted by molar-refractivity contribution is 5.34. The summed E-state index contributed by atoms with van der Waals surface area (Å²) < 4.78 is 74.6. The van der Waals surface area contributed by atoms with E-state index in [9.17, 15) is 22.0 Å². The van der Waals surface area contributed by atoms with Gasteiger partial charge in [0.1, 0.15) is 6.61 Å². The molecule has 0 aliphatic heterocycles. The highest BCUT2D eigenvalue weighted by Crippen LogP contribution is 2.45. The van der Waals surface area contributed by atoms with Gasteiger partial charge in [-0.15, -0.1) is 0 Å². The summed E-state index contributed by atoms with van der Waals surface area (Å²) >= 11 is 0. The van der Waals surface area contributed by atoms with Crippen LogP contribution in [-0.4, -0.2) is 0 Å². The Morgan fingerprint density at radius 3 is 1.94 bits per heavy atom. The molecule has 34 heavy (non-hydrogen) atoms. The minimum atomic E-state index is -1.58. The molecule has 1 nitrogen and oxygen atoms in total. The van der Waals surface area contributed by atoms with Crippen LogP contribution in [-0.2, 0) is 6.61 Å².